The zero-order valence-electron chi connectivity index (χ0n) is 12.5. The number of pyridine rings is 1. The molecule has 23 heavy (non-hydrogen) atoms. The fourth-order valence-electron chi connectivity index (χ4n) is 2.74. The number of sulfonamides is 1. The second-order valence-corrected chi connectivity index (χ2v) is 8.58. The van der Waals surface area contributed by atoms with Crippen molar-refractivity contribution in [1.29, 1.82) is 0 Å². The van der Waals surface area contributed by atoms with Crippen molar-refractivity contribution in [3.63, 3.8) is 0 Å². The normalized spacial score (nSPS) is 17.4. The van der Waals surface area contributed by atoms with Crippen LogP contribution in [0.25, 0.3) is 0 Å². The Morgan fingerprint density at radius 2 is 2.09 bits per heavy atom. The van der Waals surface area contributed by atoms with Gasteiger partial charge in [0.2, 0.25) is 10.0 Å². The number of nitrogens with zero attached hydrogens (tertiary/aromatic N) is 2. The monoisotopic (exact) mass is 371 g/mol. The molecule has 2 aromatic heterocycles. The van der Waals surface area contributed by atoms with Gasteiger partial charge in [0, 0.05) is 17.6 Å². The Balaban J connectivity index is 1.74. The topological polar surface area (TPSA) is 62.3 Å². The van der Waals surface area contributed by atoms with Crippen LogP contribution in [0.3, 0.4) is 0 Å². The van der Waals surface area contributed by atoms with Crippen molar-refractivity contribution in [1.82, 2.24) is 14.6 Å². The van der Waals surface area contributed by atoms with Gasteiger partial charge in [-0.15, -0.1) is 11.3 Å². The minimum Gasteiger partial charge on any atom is -0.294 e. The molecule has 1 unspecified atom stereocenters. The fraction of sp³-hybridized carbons (Fsp3) is 0.400. The van der Waals surface area contributed by atoms with Crippen molar-refractivity contribution in [2.45, 2.75) is 23.8 Å². The van der Waals surface area contributed by atoms with Crippen LogP contribution >= 0.6 is 22.9 Å². The summed E-state index contributed by atoms with van der Waals surface area (Å²) in [7, 11) is -3.59. The van der Waals surface area contributed by atoms with Crippen LogP contribution in [-0.4, -0.2) is 37.9 Å². The average Bonchev–Trinajstić information content (AvgIpc) is 3.21. The van der Waals surface area contributed by atoms with Gasteiger partial charge < -0.3 is 0 Å². The highest BCUT2D eigenvalue weighted by Crippen LogP contribution is 2.28. The minimum atomic E-state index is -3.59. The summed E-state index contributed by atoms with van der Waals surface area (Å²) >= 11 is 7.37. The molecule has 0 aromatic carbocycles. The van der Waals surface area contributed by atoms with E-state index in [-0.39, 0.29) is 16.1 Å². The van der Waals surface area contributed by atoms with Crippen molar-refractivity contribution in [2.75, 3.05) is 19.6 Å². The van der Waals surface area contributed by atoms with E-state index in [1.807, 2.05) is 11.4 Å². The quantitative estimate of drug-likeness (QED) is 0.793. The third-order valence-corrected chi connectivity index (χ3v) is 6.54. The molecule has 1 fully saturated rings. The van der Waals surface area contributed by atoms with Crippen LogP contribution in [0.4, 0.5) is 0 Å². The molecule has 0 bridgehead atoms. The van der Waals surface area contributed by atoms with E-state index in [1.165, 1.54) is 23.2 Å². The fourth-order valence-corrected chi connectivity index (χ4v) is 4.69. The SMILES string of the molecule is O=S(=O)(NCC(c1cccs1)N1CCCC1)c1ccc(Cl)nc1. The number of thiophene rings is 1. The van der Waals surface area contributed by atoms with Gasteiger partial charge in [0.15, 0.2) is 0 Å². The number of hydrogen-bond acceptors (Lipinski definition) is 5. The van der Waals surface area contributed by atoms with Crippen LogP contribution in [-0.2, 0) is 10.0 Å². The maximum atomic E-state index is 12.4. The van der Waals surface area contributed by atoms with Crippen LogP contribution in [0.15, 0.2) is 40.7 Å². The van der Waals surface area contributed by atoms with Gasteiger partial charge in [-0.3, -0.25) is 4.90 Å². The van der Waals surface area contributed by atoms with Crippen LogP contribution in [0, 0.1) is 0 Å². The van der Waals surface area contributed by atoms with Gasteiger partial charge in [-0.25, -0.2) is 18.1 Å². The second-order valence-electron chi connectivity index (χ2n) is 5.44. The van der Waals surface area contributed by atoms with Gasteiger partial charge in [-0.2, -0.15) is 0 Å². The van der Waals surface area contributed by atoms with Crippen molar-refractivity contribution >= 4 is 33.0 Å². The standard InChI is InChI=1S/C15H18ClN3O2S2/c16-15-6-5-12(10-17-15)23(20,21)18-11-13(14-4-3-9-22-14)19-7-1-2-8-19/h3-6,9-10,13,18H,1-2,7-8,11H2. The van der Waals surface area contributed by atoms with Gasteiger partial charge in [-0.05, 0) is 49.5 Å². The van der Waals surface area contributed by atoms with Crippen LogP contribution in [0.2, 0.25) is 5.15 Å². The third kappa shape index (κ3) is 4.10. The van der Waals surface area contributed by atoms with Gasteiger partial charge in [-0.1, -0.05) is 17.7 Å². The number of aromatic nitrogens is 1. The maximum absolute atomic E-state index is 12.4. The van der Waals surface area contributed by atoms with Crippen LogP contribution < -0.4 is 4.72 Å². The minimum absolute atomic E-state index is 0.0764. The summed E-state index contributed by atoms with van der Waals surface area (Å²) in [6, 6.07) is 7.08. The Hall–Kier alpha value is -0.990. The Bertz CT molecular complexity index is 727. The molecule has 5 nitrogen and oxygen atoms in total. The Morgan fingerprint density at radius 1 is 1.30 bits per heavy atom. The second kappa shape index (κ2) is 7.27. The largest absolute Gasteiger partial charge is 0.294 e. The van der Waals surface area contributed by atoms with E-state index in [2.05, 4.69) is 20.7 Å². The molecule has 8 heteroatoms. The lowest BCUT2D eigenvalue weighted by molar-refractivity contribution is 0.250. The molecule has 0 aliphatic carbocycles. The zero-order valence-corrected chi connectivity index (χ0v) is 14.9. The number of halogens is 1. The first-order chi connectivity index (χ1) is 11.1. The number of rotatable bonds is 6. The van der Waals surface area contributed by atoms with Crippen molar-refractivity contribution in [3.8, 4) is 0 Å². The number of hydrogen-bond donors (Lipinski definition) is 1. The van der Waals surface area contributed by atoms with Gasteiger partial charge in [0.25, 0.3) is 0 Å². The Kier molecular flexibility index (Phi) is 5.33. The molecule has 0 saturated carbocycles. The summed E-state index contributed by atoms with van der Waals surface area (Å²) in [6.07, 6.45) is 3.60. The first-order valence-corrected chi connectivity index (χ1v) is 10.2. The van der Waals surface area contributed by atoms with E-state index in [4.69, 9.17) is 11.6 Å². The molecule has 1 atom stereocenters. The van der Waals surface area contributed by atoms with Crippen LogP contribution in [0.5, 0.6) is 0 Å². The zero-order chi connectivity index (χ0) is 16.3. The Morgan fingerprint density at radius 3 is 2.70 bits per heavy atom. The molecule has 2 aromatic rings. The van der Waals surface area contributed by atoms with E-state index in [0.717, 1.165) is 25.9 Å². The first-order valence-electron chi connectivity index (χ1n) is 7.45. The maximum Gasteiger partial charge on any atom is 0.242 e. The third-order valence-electron chi connectivity index (χ3n) is 3.93. The summed E-state index contributed by atoms with van der Waals surface area (Å²) in [5.74, 6) is 0. The highest BCUT2D eigenvalue weighted by molar-refractivity contribution is 7.89. The lowest BCUT2D eigenvalue weighted by atomic mass is 10.2. The molecular weight excluding hydrogens is 354 g/mol. The predicted octanol–water partition coefficient (Wildman–Crippen LogP) is 2.91. The molecule has 0 radical (unpaired) electrons. The van der Waals surface area contributed by atoms with E-state index >= 15 is 0 Å². The molecule has 3 heterocycles. The number of likely N-dealkylation sites (tertiary alicyclic amines) is 1. The van der Waals surface area contributed by atoms with Gasteiger partial charge >= 0.3 is 0 Å². The summed E-state index contributed by atoms with van der Waals surface area (Å²) < 4.78 is 27.6. The summed E-state index contributed by atoms with van der Waals surface area (Å²) in [6.45, 7) is 2.37. The lowest BCUT2D eigenvalue weighted by Gasteiger charge is -2.26. The van der Waals surface area contributed by atoms with Crippen molar-refractivity contribution < 1.29 is 8.42 Å². The summed E-state index contributed by atoms with van der Waals surface area (Å²) in [5, 5.41) is 2.30. The summed E-state index contributed by atoms with van der Waals surface area (Å²) in [5.41, 5.74) is 0. The van der Waals surface area contributed by atoms with E-state index < -0.39 is 10.0 Å². The smallest absolute Gasteiger partial charge is 0.242 e. The van der Waals surface area contributed by atoms with Crippen molar-refractivity contribution in [3.05, 3.63) is 45.9 Å². The summed E-state index contributed by atoms with van der Waals surface area (Å²) in [4.78, 5) is 7.50. The first kappa shape index (κ1) is 16.9. The molecule has 0 spiro atoms. The van der Waals surface area contributed by atoms with Gasteiger partial charge in [0.1, 0.15) is 10.0 Å². The molecular formula is C15H18ClN3O2S2. The average molecular weight is 372 g/mol. The van der Waals surface area contributed by atoms with Gasteiger partial charge in [0.05, 0.1) is 6.04 Å². The number of nitrogens with one attached hydrogen (secondary N) is 1. The lowest BCUT2D eigenvalue weighted by Crippen LogP contribution is -2.36. The molecule has 3 rings (SSSR count). The molecule has 124 valence electrons. The van der Waals surface area contributed by atoms with Crippen molar-refractivity contribution in [2.24, 2.45) is 0 Å². The molecule has 1 saturated heterocycles. The molecule has 1 aliphatic heterocycles. The highest BCUT2D eigenvalue weighted by Gasteiger charge is 2.26. The Labute approximate surface area is 145 Å². The van der Waals surface area contributed by atoms with E-state index in [9.17, 15) is 8.42 Å². The molecule has 1 N–H and O–H groups in total. The predicted molar refractivity (Wildman–Crippen MR) is 92.3 cm³/mol. The van der Waals surface area contributed by atoms with Crippen LogP contribution in [0.1, 0.15) is 23.8 Å². The highest BCUT2D eigenvalue weighted by atomic mass is 35.5. The molecule has 0 amide bonds. The van der Waals surface area contributed by atoms with E-state index in [1.54, 1.807) is 11.3 Å². The molecule has 1 aliphatic rings. The van der Waals surface area contributed by atoms with E-state index in [0.29, 0.717) is 6.54 Å².